The van der Waals surface area contributed by atoms with Gasteiger partial charge >= 0.3 is 5.97 Å². The molecule has 7 heteroatoms. The standard InChI is InChI=1S/C22H20N2O5/c1-28-16-3-5-19(14(10-16)12-23)29-15-6-8-22(9-7-15)17-11-13(20(25)26)2-4-18(17)24-21(22)27/h2-5,10-11,15H,6-9H2,1H3,(H,24,27)(H,25,26). The summed E-state index contributed by atoms with van der Waals surface area (Å²) < 4.78 is 11.2. The van der Waals surface area contributed by atoms with E-state index in [9.17, 15) is 20.0 Å². The summed E-state index contributed by atoms with van der Waals surface area (Å²) in [5.74, 6) is -0.0119. The smallest absolute Gasteiger partial charge is 0.335 e. The van der Waals surface area contributed by atoms with E-state index in [-0.39, 0.29) is 17.6 Å². The number of anilines is 1. The van der Waals surface area contributed by atoms with Crippen molar-refractivity contribution < 1.29 is 24.2 Å². The zero-order valence-corrected chi connectivity index (χ0v) is 15.9. The van der Waals surface area contributed by atoms with Crippen LogP contribution in [-0.2, 0) is 10.2 Å². The number of nitrogens with one attached hydrogen (secondary N) is 1. The largest absolute Gasteiger partial charge is 0.497 e. The number of amides is 1. The van der Waals surface area contributed by atoms with E-state index in [4.69, 9.17) is 9.47 Å². The minimum absolute atomic E-state index is 0.0874. The Labute approximate surface area is 167 Å². The number of nitrogens with zero attached hydrogens (tertiary/aromatic N) is 1. The quantitative estimate of drug-likeness (QED) is 0.825. The Kier molecular flexibility index (Phi) is 4.63. The second kappa shape index (κ2) is 7.13. The maximum atomic E-state index is 12.8. The number of hydrogen-bond acceptors (Lipinski definition) is 5. The fraction of sp³-hybridized carbons (Fsp3) is 0.318. The molecule has 29 heavy (non-hydrogen) atoms. The number of carbonyl (C=O) groups excluding carboxylic acids is 1. The number of carboxylic acids is 1. The molecule has 0 saturated heterocycles. The van der Waals surface area contributed by atoms with Crippen LogP contribution in [0.15, 0.2) is 36.4 Å². The number of rotatable bonds is 4. The molecular weight excluding hydrogens is 372 g/mol. The Morgan fingerprint density at radius 3 is 2.66 bits per heavy atom. The SMILES string of the molecule is COc1ccc(OC2CCC3(CC2)C(=O)Nc2ccc(C(=O)O)cc23)c(C#N)c1. The molecule has 2 N–H and O–H groups in total. The van der Waals surface area contributed by atoms with Crippen LogP contribution in [-0.4, -0.2) is 30.2 Å². The molecule has 1 fully saturated rings. The monoisotopic (exact) mass is 392 g/mol. The molecule has 2 aromatic rings. The predicted molar refractivity (Wildman–Crippen MR) is 104 cm³/mol. The van der Waals surface area contributed by atoms with Gasteiger partial charge in [0.05, 0.1) is 29.8 Å². The molecule has 0 radical (unpaired) electrons. The highest BCUT2D eigenvalue weighted by Gasteiger charge is 2.49. The highest BCUT2D eigenvalue weighted by atomic mass is 16.5. The molecular formula is C22H20N2O5. The van der Waals surface area contributed by atoms with Crippen LogP contribution in [0.5, 0.6) is 11.5 Å². The van der Waals surface area contributed by atoms with Gasteiger partial charge in [0.25, 0.3) is 0 Å². The summed E-state index contributed by atoms with van der Waals surface area (Å²) in [6.07, 6.45) is 2.23. The van der Waals surface area contributed by atoms with Crippen molar-refractivity contribution >= 4 is 17.6 Å². The average Bonchev–Trinajstić information content (AvgIpc) is 3.00. The molecule has 1 amide bonds. The number of nitriles is 1. The lowest BCUT2D eigenvalue weighted by atomic mass is 9.69. The van der Waals surface area contributed by atoms with Crippen LogP contribution in [0.4, 0.5) is 5.69 Å². The molecule has 148 valence electrons. The second-order valence-corrected chi connectivity index (χ2v) is 7.39. The van der Waals surface area contributed by atoms with Crippen LogP contribution in [0.2, 0.25) is 0 Å². The molecule has 1 saturated carbocycles. The van der Waals surface area contributed by atoms with Gasteiger partial charge in [-0.25, -0.2) is 4.79 Å². The first-order chi connectivity index (χ1) is 14.0. The van der Waals surface area contributed by atoms with Gasteiger partial charge in [0.2, 0.25) is 5.91 Å². The summed E-state index contributed by atoms with van der Waals surface area (Å²) in [7, 11) is 1.54. The van der Waals surface area contributed by atoms with E-state index >= 15 is 0 Å². The van der Waals surface area contributed by atoms with E-state index in [0.29, 0.717) is 48.4 Å². The van der Waals surface area contributed by atoms with Crippen molar-refractivity contribution in [2.45, 2.75) is 37.2 Å². The number of fused-ring (bicyclic) bond motifs is 2. The first-order valence-corrected chi connectivity index (χ1v) is 9.41. The van der Waals surface area contributed by atoms with E-state index in [1.807, 2.05) is 0 Å². The van der Waals surface area contributed by atoms with Gasteiger partial charge in [-0.05, 0) is 61.6 Å². The number of carboxylic acid groups (broad SMARTS) is 1. The summed E-state index contributed by atoms with van der Waals surface area (Å²) in [5.41, 5.74) is 1.29. The maximum absolute atomic E-state index is 12.8. The van der Waals surface area contributed by atoms with Gasteiger partial charge in [0.1, 0.15) is 17.6 Å². The van der Waals surface area contributed by atoms with Gasteiger partial charge in [-0.3, -0.25) is 4.79 Å². The van der Waals surface area contributed by atoms with Crippen molar-refractivity contribution in [1.82, 2.24) is 0 Å². The fourth-order valence-corrected chi connectivity index (χ4v) is 4.25. The lowest BCUT2D eigenvalue weighted by Crippen LogP contribution is -2.41. The summed E-state index contributed by atoms with van der Waals surface area (Å²) in [6, 6.07) is 12.0. The molecule has 1 aliphatic carbocycles. The minimum Gasteiger partial charge on any atom is -0.497 e. The Morgan fingerprint density at radius 1 is 1.24 bits per heavy atom. The molecule has 1 heterocycles. The number of carbonyl (C=O) groups is 2. The van der Waals surface area contributed by atoms with Gasteiger partial charge in [-0.15, -0.1) is 0 Å². The Morgan fingerprint density at radius 2 is 2.00 bits per heavy atom. The summed E-state index contributed by atoms with van der Waals surface area (Å²) >= 11 is 0. The summed E-state index contributed by atoms with van der Waals surface area (Å²) in [4.78, 5) is 24.1. The van der Waals surface area contributed by atoms with Crippen LogP contribution in [0, 0.1) is 11.3 Å². The van der Waals surface area contributed by atoms with Crippen molar-refractivity contribution in [3.05, 3.63) is 53.1 Å². The van der Waals surface area contributed by atoms with Gasteiger partial charge in [0, 0.05) is 11.8 Å². The normalized spacial score (nSPS) is 22.5. The number of hydrogen-bond donors (Lipinski definition) is 2. The number of methoxy groups -OCH3 is 1. The van der Waals surface area contributed by atoms with Crippen LogP contribution >= 0.6 is 0 Å². The number of aromatic carboxylic acids is 1. The Bertz CT molecular complexity index is 1030. The van der Waals surface area contributed by atoms with Crippen LogP contribution in [0.25, 0.3) is 0 Å². The van der Waals surface area contributed by atoms with Crippen molar-refractivity contribution in [3.63, 3.8) is 0 Å². The van der Waals surface area contributed by atoms with Gasteiger partial charge in [-0.1, -0.05) is 0 Å². The predicted octanol–water partition coefficient (Wildman–Crippen LogP) is 3.48. The molecule has 1 spiro atoms. The third-order valence-electron chi connectivity index (χ3n) is 5.85. The zero-order valence-electron chi connectivity index (χ0n) is 15.9. The molecule has 2 aliphatic rings. The van der Waals surface area contributed by atoms with Gasteiger partial charge in [0.15, 0.2) is 0 Å². The summed E-state index contributed by atoms with van der Waals surface area (Å²) in [5, 5.41) is 21.6. The molecule has 1 aliphatic heterocycles. The lowest BCUT2D eigenvalue weighted by Gasteiger charge is -2.36. The Hall–Kier alpha value is -3.53. The highest BCUT2D eigenvalue weighted by molar-refractivity contribution is 6.07. The molecule has 0 unspecified atom stereocenters. The Balaban J connectivity index is 1.53. The third-order valence-corrected chi connectivity index (χ3v) is 5.85. The third kappa shape index (κ3) is 3.17. The molecule has 2 aromatic carbocycles. The first-order valence-electron chi connectivity index (χ1n) is 9.41. The number of benzene rings is 2. The summed E-state index contributed by atoms with van der Waals surface area (Å²) in [6.45, 7) is 0. The van der Waals surface area contributed by atoms with E-state index in [2.05, 4.69) is 11.4 Å². The fourth-order valence-electron chi connectivity index (χ4n) is 4.25. The second-order valence-electron chi connectivity index (χ2n) is 7.39. The van der Waals surface area contributed by atoms with E-state index < -0.39 is 11.4 Å². The van der Waals surface area contributed by atoms with Crippen molar-refractivity contribution in [2.75, 3.05) is 12.4 Å². The maximum Gasteiger partial charge on any atom is 0.335 e. The van der Waals surface area contributed by atoms with Crippen molar-refractivity contribution in [3.8, 4) is 17.6 Å². The highest BCUT2D eigenvalue weighted by Crippen LogP contribution is 2.48. The minimum atomic E-state index is -1.01. The van der Waals surface area contributed by atoms with E-state index in [1.165, 1.54) is 13.2 Å². The van der Waals surface area contributed by atoms with Crippen LogP contribution in [0.3, 0.4) is 0 Å². The van der Waals surface area contributed by atoms with Crippen molar-refractivity contribution in [2.24, 2.45) is 0 Å². The first kappa shape index (κ1) is 18.8. The van der Waals surface area contributed by atoms with Gasteiger partial charge < -0.3 is 19.9 Å². The van der Waals surface area contributed by atoms with E-state index in [1.54, 1.807) is 30.3 Å². The zero-order chi connectivity index (χ0) is 20.6. The molecule has 7 nitrogen and oxygen atoms in total. The topological polar surface area (TPSA) is 109 Å². The van der Waals surface area contributed by atoms with Crippen molar-refractivity contribution in [1.29, 1.82) is 5.26 Å². The number of ether oxygens (including phenoxy) is 2. The van der Waals surface area contributed by atoms with E-state index in [0.717, 1.165) is 5.56 Å². The van der Waals surface area contributed by atoms with Crippen LogP contribution in [0.1, 0.15) is 47.2 Å². The molecule has 0 bridgehead atoms. The lowest BCUT2D eigenvalue weighted by molar-refractivity contribution is -0.122. The van der Waals surface area contributed by atoms with Crippen LogP contribution < -0.4 is 14.8 Å². The molecule has 0 aromatic heterocycles. The van der Waals surface area contributed by atoms with Gasteiger partial charge in [-0.2, -0.15) is 5.26 Å². The average molecular weight is 392 g/mol. The molecule has 0 atom stereocenters. The molecule has 4 rings (SSSR count).